The SMILES string of the molecule is O=C(CCc1ncc(-c2ccccc2)o1)N1CCN(S(=O)(=O)c2cc(Cl)ccc2Cl)CC1. The number of carbonyl (C=O) groups excluding carboxylic acids is 1. The predicted molar refractivity (Wildman–Crippen MR) is 122 cm³/mol. The van der Waals surface area contributed by atoms with Crippen LogP contribution >= 0.6 is 23.2 Å². The molecule has 4 rings (SSSR count). The van der Waals surface area contributed by atoms with Gasteiger partial charge in [-0.15, -0.1) is 0 Å². The van der Waals surface area contributed by atoms with E-state index in [0.29, 0.717) is 36.2 Å². The lowest BCUT2D eigenvalue weighted by Crippen LogP contribution is -2.50. The molecule has 0 aliphatic carbocycles. The summed E-state index contributed by atoms with van der Waals surface area (Å²) in [5.74, 6) is 1.09. The fourth-order valence-corrected chi connectivity index (χ4v) is 5.68. The molecule has 0 bridgehead atoms. The third-order valence-corrected chi connectivity index (χ3v) is 7.88. The van der Waals surface area contributed by atoms with Gasteiger partial charge in [0.15, 0.2) is 11.7 Å². The van der Waals surface area contributed by atoms with Gasteiger partial charge in [-0.2, -0.15) is 4.31 Å². The molecule has 1 aliphatic rings. The summed E-state index contributed by atoms with van der Waals surface area (Å²) in [6.07, 6.45) is 2.27. The van der Waals surface area contributed by atoms with Gasteiger partial charge in [-0.25, -0.2) is 13.4 Å². The molecule has 3 aromatic rings. The topological polar surface area (TPSA) is 83.7 Å². The zero-order valence-electron chi connectivity index (χ0n) is 17.1. The Hall–Kier alpha value is -2.39. The highest BCUT2D eigenvalue weighted by Crippen LogP contribution is 2.28. The fourth-order valence-electron chi connectivity index (χ4n) is 3.53. The van der Waals surface area contributed by atoms with Crippen molar-refractivity contribution in [1.29, 1.82) is 0 Å². The minimum atomic E-state index is -3.79. The Labute approximate surface area is 196 Å². The molecule has 1 amide bonds. The molecule has 168 valence electrons. The summed E-state index contributed by atoms with van der Waals surface area (Å²) in [6.45, 7) is 0.982. The molecule has 0 radical (unpaired) electrons. The molecule has 0 unspecified atom stereocenters. The van der Waals surface area contributed by atoms with Crippen molar-refractivity contribution in [2.24, 2.45) is 0 Å². The lowest BCUT2D eigenvalue weighted by molar-refractivity contribution is -0.132. The van der Waals surface area contributed by atoms with Crippen LogP contribution in [-0.4, -0.2) is 54.7 Å². The summed E-state index contributed by atoms with van der Waals surface area (Å²) in [4.78, 5) is 18.5. The van der Waals surface area contributed by atoms with Crippen LogP contribution in [0.3, 0.4) is 0 Å². The highest BCUT2D eigenvalue weighted by atomic mass is 35.5. The van der Waals surface area contributed by atoms with E-state index in [-0.39, 0.29) is 35.3 Å². The van der Waals surface area contributed by atoms with Gasteiger partial charge in [0.2, 0.25) is 15.9 Å². The van der Waals surface area contributed by atoms with Crippen molar-refractivity contribution in [3.05, 3.63) is 70.7 Å². The second kappa shape index (κ2) is 9.62. The summed E-state index contributed by atoms with van der Waals surface area (Å²) in [6, 6.07) is 14.0. The van der Waals surface area contributed by atoms with E-state index in [1.807, 2.05) is 30.3 Å². The number of amides is 1. The van der Waals surface area contributed by atoms with Gasteiger partial charge >= 0.3 is 0 Å². The summed E-state index contributed by atoms with van der Waals surface area (Å²) in [5, 5.41) is 0.414. The van der Waals surface area contributed by atoms with Crippen molar-refractivity contribution in [3.8, 4) is 11.3 Å². The number of sulfonamides is 1. The van der Waals surface area contributed by atoms with E-state index in [0.717, 1.165) is 5.56 Å². The maximum Gasteiger partial charge on any atom is 0.244 e. The van der Waals surface area contributed by atoms with E-state index in [4.69, 9.17) is 27.6 Å². The van der Waals surface area contributed by atoms with Crippen molar-refractivity contribution in [1.82, 2.24) is 14.2 Å². The zero-order valence-corrected chi connectivity index (χ0v) is 19.4. The number of benzene rings is 2. The Balaban J connectivity index is 1.32. The van der Waals surface area contributed by atoms with Crippen molar-refractivity contribution in [2.45, 2.75) is 17.7 Å². The van der Waals surface area contributed by atoms with Crippen LogP contribution in [0, 0.1) is 0 Å². The number of aryl methyl sites for hydroxylation is 1. The van der Waals surface area contributed by atoms with Gasteiger partial charge in [0, 0.05) is 49.6 Å². The third kappa shape index (κ3) is 4.99. The number of hydrogen-bond acceptors (Lipinski definition) is 5. The average Bonchev–Trinajstić information content (AvgIpc) is 3.29. The molecule has 1 fully saturated rings. The zero-order chi connectivity index (χ0) is 22.7. The lowest BCUT2D eigenvalue weighted by Gasteiger charge is -2.34. The van der Waals surface area contributed by atoms with Crippen molar-refractivity contribution < 1.29 is 17.6 Å². The molecule has 1 saturated heterocycles. The molecule has 0 saturated carbocycles. The van der Waals surface area contributed by atoms with Crippen LogP contribution in [0.25, 0.3) is 11.3 Å². The normalized spacial score (nSPS) is 15.1. The van der Waals surface area contributed by atoms with Crippen LogP contribution in [-0.2, 0) is 21.2 Å². The van der Waals surface area contributed by atoms with Crippen molar-refractivity contribution in [3.63, 3.8) is 0 Å². The molecule has 2 aromatic carbocycles. The first kappa shape index (κ1) is 22.8. The Morgan fingerprint density at radius 2 is 1.75 bits per heavy atom. The second-order valence-corrected chi connectivity index (χ2v) is 10.1. The minimum Gasteiger partial charge on any atom is -0.441 e. The molecule has 32 heavy (non-hydrogen) atoms. The van der Waals surface area contributed by atoms with Crippen LogP contribution in [0.15, 0.2) is 64.0 Å². The number of carbonyl (C=O) groups is 1. The van der Waals surface area contributed by atoms with Crippen LogP contribution < -0.4 is 0 Å². The van der Waals surface area contributed by atoms with E-state index in [9.17, 15) is 13.2 Å². The molecule has 7 nitrogen and oxygen atoms in total. The van der Waals surface area contributed by atoms with Gasteiger partial charge < -0.3 is 9.32 Å². The molecule has 0 atom stereocenters. The molecule has 1 aromatic heterocycles. The molecule has 1 aliphatic heterocycles. The largest absolute Gasteiger partial charge is 0.441 e. The Morgan fingerprint density at radius 3 is 2.47 bits per heavy atom. The van der Waals surface area contributed by atoms with E-state index in [2.05, 4.69) is 4.98 Å². The fraction of sp³-hybridized carbons (Fsp3) is 0.273. The van der Waals surface area contributed by atoms with Gasteiger partial charge in [-0.05, 0) is 18.2 Å². The summed E-state index contributed by atoms with van der Waals surface area (Å²) >= 11 is 12.0. The maximum absolute atomic E-state index is 12.9. The minimum absolute atomic E-state index is 0.0236. The van der Waals surface area contributed by atoms with Gasteiger partial charge in [0.1, 0.15) is 4.90 Å². The molecular formula is C22H21Cl2N3O4S. The third-order valence-electron chi connectivity index (χ3n) is 5.27. The summed E-state index contributed by atoms with van der Waals surface area (Å²) < 4.78 is 32.9. The molecule has 0 N–H and O–H groups in total. The van der Waals surface area contributed by atoms with Crippen LogP contribution in [0.1, 0.15) is 12.3 Å². The number of rotatable bonds is 6. The first-order valence-corrected chi connectivity index (χ1v) is 12.3. The average molecular weight is 494 g/mol. The van der Waals surface area contributed by atoms with Crippen LogP contribution in [0.2, 0.25) is 10.0 Å². The molecule has 0 spiro atoms. The summed E-state index contributed by atoms with van der Waals surface area (Å²) in [5.41, 5.74) is 0.926. The van der Waals surface area contributed by atoms with E-state index in [1.54, 1.807) is 11.1 Å². The van der Waals surface area contributed by atoms with Gasteiger partial charge in [0.25, 0.3) is 0 Å². The van der Waals surface area contributed by atoms with Crippen molar-refractivity contribution >= 4 is 39.1 Å². The summed E-state index contributed by atoms with van der Waals surface area (Å²) in [7, 11) is -3.79. The van der Waals surface area contributed by atoms with E-state index >= 15 is 0 Å². The quantitative estimate of drug-likeness (QED) is 0.515. The van der Waals surface area contributed by atoms with Gasteiger partial charge in [-0.3, -0.25) is 4.79 Å². The monoisotopic (exact) mass is 493 g/mol. The van der Waals surface area contributed by atoms with Gasteiger partial charge in [-0.1, -0.05) is 53.5 Å². The predicted octanol–water partition coefficient (Wildman–Crippen LogP) is 4.11. The molecule has 2 heterocycles. The number of halogens is 2. The Bertz CT molecular complexity index is 1210. The van der Waals surface area contributed by atoms with E-state index in [1.165, 1.54) is 22.5 Å². The first-order valence-electron chi connectivity index (χ1n) is 10.1. The second-order valence-electron chi connectivity index (χ2n) is 7.34. The standard InChI is InChI=1S/C22H21Cl2N3O4S/c23-17-6-7-18(24)20(14-17)32(29,30)27-12-10-26(11-13-27)22(28)9-8-21-25-15-19(31-21)16-4-2-1-3-5-16/h1-7,14-15H,8-13H2. The van der Waals surface area contributed by atoms with E-state index < -0.39 is 10.0 Å². The number of aromatic nitrogens is 1. The molecular weight excluding hydrogens is 473 g/mol. The maximum atomic E-state index is 12.9. The Morgan fingerprint density at radius 1 is 1.03 bits per heavy atom. The number of nitrogens with zero attached hydrogens (tertiary/aromatic N) is 3. The first-order chi connectivity index (χ1) is 15.3. The number of hydrogen-bond donors (Lipinski definition) is 0. The van der Waals surface area contributed by atoms with Crippen LogP contribution in [0.5, 0.6) is 0 Å². The Kier molecular flexibility index (Phi) is 6.85. The lowest BCUT2D eigenvalue weighted by atomic mass is 10.2. The highest BCUT2D eigenvalue weighted by molar-refractivity contribution is 7.89. The number of oxazole rings is 1. The van der Waals surface area contributed by atoms with Crippen molar-refractivity contribution in [2.75, 3.05) is 26.2 Å². The van der Waals surface area contributed by atoms with Crippen LogP contribution in [0.4, 0.5) is 0 Å². The molecule has 10 heteroatoms. The number of piperazine rings is 1. The van der Waals surface area contributed by atoms with Gasteiger partial charge in [0.05, 0.1) is 11.2 Å². The highest BCUT2D eigenvalue weighted by Gasteiger charge is 2.31. The smallest absolute Gasteiger partial charge is 0.244 e.